The second kappa shape index (κ2) is 10.3. The highest BCUT2D eigenvalue weighted by Crippen LogP contribution is 2.28. The van der Waals surface area contributed by atoms with Gasteiger partial charge in [-0.2, -0.15) is 0 Å². The van der Waals surface area contributed by atoms with Crippen molar-refractivity contribution in [1.82, 2.24) is 10.2 Å². The fourth-order valence-electron chi connectivity index (χ4n) is 4.02. The molecular formula is C26H26ClN3O2. The van der Waals surface area contributed by atoms with E-state index in [2.05, 4.69) is 10.6 Å². The number of nitrogens with one attached hydrogen (secondary N) is 2. The van der Waals surface area contributed by atoms with Crippen molar-refractivity contribution in [2.45, 2.75) is 25.3 Å². The van der Waals surface area contributed by atoms with Crippen LogP contribution in [0, 0.1) is 0 Å². The standard InChI is InChI=1S/C26H26ClN3O2/c27-23-11-4-7-19(15-23)17-28-25(31)21-9-5-8-20(16-21)22-10-6-14-30(18-22)26(32)29-24-12-2-1-3-13-24/h1-5,7-9,11-13,15-16,22H,6,10,14,17-18H2,(H,28,31)(H,29,32)/t22-/m0/s1. The zero-order valence-electron chi connectivity index (χ0n) is 17.8. The van der Waals surface area contributed by atoms with Crippen LogP contribution in [0.2, 0.25) is 5.02 Å². The molecule has 5 nitrogen and oxygen atoms in total. The van der Waals surface area contributed by atoms with E-state index in [4.69, 9.17) is 11.6 Å². The van der Waals surface area contributed by atoms with E-state index in [1.807, 2.05) is 83.8 Å². The van der Waals surface area contributed by atoms with Crippen molar-refractivity contribution in [3.05, 3.63) is 101 Å². The zero-order chi connectivity index (χ0) is 22.3. The van der Waals surface area contributed by atoms with E-state index in [1.165, 1.54) is 0 Å². The summed E-state index contributed by atoms with van der Waals surface area (Å²) in [7, 11) is 0. The number of likely N-dealkylation sites (tertiary alicyclic amines) is 1. The van der Waals surface area contributed by atoms with Gasteiger partial charge in [0.25, 0.3) is 5.91 Å². The van der Waals surface area contributed by atoms with E-state index in [0.29, 0.717) is 23.7 Å². The number of hydrogen-bond donors (Lipinski definition) is 2. The second-order valence-electron chi connectivity index (χ2n) is 8.02. The molecule has 0 aliphatic carbocycles. The first-order valence-corrected chi connectivity index (χ1v) is 11.2. The molecule has 0 saturated carbocycles. The van der Waals surface area contributed by atoms with E-state index in [9.17, 15) is 9.59 Å². The van der Waals surface area contributed by atoms with Gasteiger partial charge in [-0.15, -0.1) is 0 Å². The maximum Gasteiger partial charge on any atom is 0.321 e. The smallest absolute Gasteiger partial charge is 0.321 e. The summed E-state index contributed by atoms with van der Waals surface area (Å²) in [6.45, 7) is 1.78. The van der Waals surface area contributed by atoms with Gasteiger partial charge < -0.3 is 15.5 Å². The maximum absolute atomic E-state index is 12.7. The Bertz CT molecular complexity index is 1090. The van der Waals surface area contributed by atoms with Gasteiger partial charge in [-0.25, -0.2) is 4.79 Å². The maximum atomic E-state index is 12.7. The summed E-state index contributed by atoms with van der Waals surface area (Å²) in [4.78, 5) is 27.3. The van der Waals surface area contributed by atoms with Crippen molar-refractivity contribution in [3.8, 4) is 0 Å². The normalized spacial score (nSPS) is 15.8. The molecule has 0 radical (unpaired) electrons. The topological polar surface area (TPSA) is 61.4 Å². The summed E-state index contributed by atoms with van der Waals surface area (Å²) >= 11 is 6.02. The molecule has 32 heavy (non-hydrogen) atoms. The largest absolute Gasteiger partial charge is 0.348 e. The number of para-hydroxylation sites is 1. The summed E-state index contributed by atoms with van der Waals surface area (Å²) < 4.78 is 0. The van der Waals surface area contributed by atoms with Crippen LogP contribution in [0.4, 0.5) is 10.5 Å². The molecule has 3 aromatic rings. The number of hydrogen-bond acceptors (Lipinski definition) is 2. The minimum Gasteiger partial charge on any atom is -0.348 e. The van der Waals surface area contributed by atoms with Crippen LogP contribution in [0.3, 0.4) is 0 Å². The number of urea groups is 1. The Morgan fingerprint density at radius 1 is 0.969 bits per heavy atom. The minimum absolute atomic E-state index is 0.0867. The predicted octanol–water partition coefficient (Wildman–Crippen LogP) is 5.68. The van der Waals surface area contributed by atoms with Gasteiger partial charge in [0.2, 0.25) is 0 Å². The quantitative estimate of drug-likeness (QED) is 0.528. The Balaban J connectivity index is 1.38. The third-order valence-electron chi connectivity index (χ3n) is 5.70. The molecule has 3 amide bonds. The molecule has 4 rings (SSSR count). The summed E-state index contributed by atoms with van der Waals surface area (Å²) in [6, 6.07) is 24.6. The number of nitrogens with zero attached hydrogens (tertiary/aromatic N) is 1. The number of amides is 3. The van der Waals surface area contributed by atoms with Crippen molar-refractivity contribution in [1.29, 1.82) is 0 Å². The Hall–Kier alpha value is -3.31. The van der Waals surface area contributed by atoms with Gasteiger partial charge in [-0.3, -0.25) is 4.79 Å². The lowest BCUT2D eigenvalue weighted by Gasteiger charge is -2.33. The first kappa shape index (κ1) is 21.9. The van der Waals surface area contributed by atoms with E-state index in [0.717, 1.165) is 36.2 Å². The van der Waals surface area contributed by atoms with Crippen molar-refractivity contribution >= 4 is 29.2 Å². The van der Waals surface area contributed by atoms with Crippen molar-refractivity contribution in [2.24, 2.45) is 0 Å². The van der Waals surface area contributed by atoms with Crippen LogP contribution in [-0.4, -0.2) is 29.9 Å². The van der Waals surface area contributed by atoms with Gasteiger partial charge in [-0.05, 0) is 60.4 Å². The van der Waals surface area contributed by atoms with Crippen LogP contribution in [-0.2, 0) is 6.54 Å². The summed E-state index contributed by atoms with van der Waals surface area (Å²) in [6.07, 6.45) is 1.92. The Morgan fingerprint density at radius 2 is 1.78 bits per heavy atom. The zero-order valence-corrected chi connectivity index (χ0v) is 18.5. The van der Waals surface area contributed by atoms with E-state index >= 15 is 0 Å². The first-order chi connectivity index (χ1) is 15.6. The van der Waals surface area contributed by atoms with Crippen LogP contribution in [0.15, 0.2) is 78.9 Å². The lowest BCUT2D eigenvalue weighted by atomic mass is 9.89. The van der Waals surface area contributed by atoms with Gasteiger partial charge in [-0.1, -0.05) is 54.1 Å². The number of benzene rings is 3. The van der Waals surface area contributed by atoms with Crippen LogP contribution in [0.5, 0.6) is 0 Å². The van der Waals surface area contributed by atoms with Gasteiger partial charge >= 0.3 is 6.03 Å². The lowest BCUT2D eigenvalue weighted by Crippen LogP contribution is -2.41. The van der Waals surface area contributed by atoms with Gasteiger partial charge in [0.15, 0.2) is 0 Å². The summed E-state index contributed by atoms with van der Waals surface area (Å²) in [5.41, 5.74) is 3.44. The van der Waals surface area contributed by atoms with Crippen molar-refractivity contribution < 1.29 is 9.59 Å². The van der Waals surface area contributed by atoms with Crippen LogP contribution in [0.1, 0.15) is 40.2 Å². The fraction of sp³-hybridized carbons (Fsp3) is 0.231. The Kier molecular flexibility index (Phi) is 7.07. The molecule has 1 atom stereocenters. The molecule has 0 aromatic heterocycles. The number of anilines is 1. The van der Waals surface area contributed by atoms with Crippen molar-refractivity contribution in [3.63, 3.8) is 0 Å². The molecule has 0 unspecified atom stereocenters. The van der Waals surface area contributed by atoms with E-state index in [1.54, 1.807) is 0 Å². The Morgan fingerprint density at radius 3 is 2.59 bits per heavy atom. The highest BCUT2D eigenvalue weighted by atomic mass is 35.5. The number of halogens is 1. The fourth-order valence-corrected chi connectivity index (χ4v) is 4.24. The molecule has 3 aromatic carbocycles. The molecule has 164 valence electrons. The minimum atomic E-state index is -0.124. The molecule has 1 aliphatic heterocycles. The SMILES string of the molecule is O=C(NCc1cccc(Cl)c1)c1cccc([C@H]2CCCN(C(=O)Nc3ccccc3)C2)c1. The molecule has 0 spiro atoms. The number of carbonyl (C=O) groups is 2. The van der Waals surface area contributed by atoms with E-state index < -0.39 is 0 Å². The summed E-state index contributed by atoms with van der Waals surface area (Å²) in [5.74, 6) is 0.0762. The monoisotopic (exact) mass is 447 g/mol. The van der Waals surface area contributed by atoms with Crippen LogP contribution >= 0.6 is 11.6 Å². The highest BCUT2D eigenvalue weighted by molar-refractivity contribution is 6.30. The molecule has 1 heterocycles. The average molecular weight is 448 g/mol. The molecule has 0 bridgehead atoms. The third-order valence-corrected chi connectivity index (χ3v) is 5.93. The first-order valence-electron chi connectivity index (χ1n) is 10.8. The van der Waals surface area contributed by atoms with Crippen molar-refractivity contribution in [2.75, 3.05) is 18.4 Å². The number of rotatable bonds is 5. The summed E-state index contributed by atoms with van der Waals surface area (Å²) in [5, 5.41) is 6.57. The molecular weight excluding hydrogens is 422 g/mol. The number of carbonyl (C=O) groups excluding carboxylic acids is 2. The average Bonchev–Trinajstić information content (AvgIpc) is 2.83. The highest BCUT2D eigenvalue weighted by Gasteiger charge is 2.25. The predicted molar refractivity (Wildman–Crippen MR) is 128 cm³/mol. The van der Waals surface area contributed by atoms with Crippen LogP contribution < -0.4 is 10.6 Å². The lowest BCUT2D eigenvalue weighted by molar-refractivity contribution is 0.0950. The Labute approximate surface area is 193 Å². The molecule has 1 fully saturated rings. The van der Waals surface area contributed by atoms with Gasteiger partial charge in [0.05, 0.1) is 0 Å². The van der Waals surface area contributed by atoms with E-state index in [-0.39, 0.29) is 17.9 Å². The van der Waals surface area contributed by atoms with Gasteiger partial charge in [0, 0.05) is 41.8 Å². The third kappa shape index (κ3) is 5.68. The van der Waals surface area contributed by atoms with Gasteiger partial charge in [0.1, 0.15) is 0 Å². The molecule has 2 N–H and O–H groups in total. The molecule has 1 aliphatic rings. The molecule has 1 saturated heterocycles. The second-order valence-corrected chi connectivity index (χ2v) is 8.46. The number of piperidine rings is 1. The van der Waals surface area contributed by atoms with Crippen LogP contribution in [0.25, 0.3) is 0 Å². The molecule has 6 heteroatoms.